The van der Waals surface area contributed by atoms with Crippen LogP contribution in [0.3, 0.4) is 0 Å². The second-order valence-electron chi connectivity index (χ2n) is 5.59. The molecule has 1 saturated carbocycles. The smallest absolute Gasteiger partial charge is 0.0990 e. The summed E-state index contributed by atoms with van der Waals surface area (Å²) in [4.78, 5) is 7.39. The van der Waals surface area contributed by atoms with E-state index in [-0.39, 0.29) is 12.4 Å². The quantitative estimate of drug-likeness (QED) is 0.802. The average molecular weight is 279 g/mol. The van der Waals surface area contributed by atoms with Gasteiger partial charge in [0.15, 0.2) is 0 Å². The molecule has 0 radical (unpaired) electrons. The molecule has 1 aliphatic heterocycles. The summed E-state index contributed by atoms with van der Waals surface area (Å²) in [5, 5.41) is 0. The van der Waals surface area contributed by atoms with Gasteiger partial charge in [-0.05, 0) is 24.8 Å². The first kappa shape index (κ1) is 14.4. The summed E-state index contributed by atoms with van der Waals surface area (Å²) in [6.07, 6.45) is 6.34. The molecular formula is C16H23ClN2. The van der Waals surface area contributed by atoms with Gasteiger partial charge < -0.3 is 4.90 Å². The Morgan fingerprint density at radius 3 is 2.58 bits per heavy atom. The number of halogens is 1. The number of hydrogen-bond acceptors (Lipinski definition) is 1. The fraction of sp³-hybridized carbons (Fsp3) is 0.562. The van der Waals surface area contributed by atoms with E-state index in [1.807, 2.05) is 0 Å². The first-order valence-corrected chi connectivity index (χ1v) is 7.17. The predicted molar refractivity (Wildman–Crippen MR) is 83.4 cm³/mol. The van der Waals surface area contributed by atoms with Gasteiger partial charge in [-0.25, -0.2) is 0 Å². The molecule has 1 saturated heterocycles. The SMILES string of the molecule is CN1CCCC1=N[C@@H]1CCC[C@@H]1c1ccccc1.Cl. The number of benzene rings is 1. The van der Waals surface area contributed by atoms with Gasteiger partial charge in [-0.3, -0.25) is 4.99 Å². The Morgan fingerprint density at radius 2 is 1.89 bits per heavy atom. The van der Waals surface area contributed by atoms with E-state index >= 15 is 0 Å². The van der Waals surface area contributed by atoms with Gasteiger partial charge in [0, 0.05) is 25.9 Å². The van der Waals surface area contributed by atoms with Crippen LogP contribution >= 0.6 is 12.4 Å². The Morgan fingerprint density at radius 1 is 1.11 bits per heavy atom. The molecule has 0 amide bonds. The van der Waals surface area contributed by atoms with Crippen molar-refractivity contribution in [1.82, 2.24) is 4.90 Å². The second kappa shape index (κ2) is 6.42. The largest absolute Gasteiger partial charge is 0.363 e. The molecule has 3 heteroatoms. The number of likely N-dealkylation sites (tertiary alicyclic amines) is 1. The van der Waals surface area contributed by atoms with Crippen molar-refractivity contribution in [3.8, 4) is 0 Å². The van der Waals surface area contributed by atoms with Crippen molar-refractivity contribution in [1.29, 1.82) is 0 Å². The fourth-order valence-corrected chi connectivity index (χ4v) is 3.33. The monoisotopic (exact) mass is 278 g/mol. The van der Waals surface area contributed by atoms with Crippen LogP contribution in [-0.4, -0.2) is 30.4 Å². The lowest BCUT2D eigenvalue weighted by molar-refractivity contribution is 0.534. The molecule has 2 aliphatic rings. The molecule has 0 spiro atoms. The van der Waals surface area contributed by atoms with E-state index in [0.29, 0.717) is 12.0 Å². The number of rotatable bonds is 2. The molecule has 1 aromatic carbocycles. The van der Waals surface area contributed by atoms with Crippen LogP contribution in [0.5, 0.6) is 0 Å². The molecular weight excluding hydrogens is 256 g/mol. The van der Waals surface area contributed by atoms with Crippen LogP contribution in [0.2, 0.25) is 0 Å². The van der Waals surface area contributed by atoms with Gasteiger partial charge in [-0.2, -0.15) is 0 Å². The van der Waals surface area contributed by atoms with Crippen molar-refractivity contribution in [2.45, 2.75) is 44.1 Å². The maximum Gasteiger partial charge on any atom is 0.0990 e. The van der Waals surface area contributed by atoms with Crippen LogP contribution < -0.4 is 0 Å². The Kier molecular flexibility index (Phi) is 4.87. The molecule has 0 bridgehead atoms. The first-order valence-electron chi connectivity index (χ1n) is 7.17. The molecule has 104 valence electrons. The van der Waals surface area contributed by atoms with Crippen LogP contribution in [0, 0.1) is 0 Å². The highest BCUT2D eigenvalue weighted by atomic mass is 35.5. The topological polar surface area (TPSA) is 15.6 Å². The summed E-state index contributed by atoms with van der Waals surface area (Å²) < 4.78 is 0. The molecule has 1 aliphatic carbocycles. The van der Waals surface area contributed by atoms with Crippen LogP contribution in [0.15, 0.2) is 35.3 Å². The lowest BCUT2D eigenvalue weighted by Gasteiger charge is -2.19. The normalized spacial score (nSPS) is 28.7. The summed E-state index contributed by atoms with van der Waals surface area (Å²) in [5.74, 6) is 1.98. The van der Waals surface area contributed by atoms with Gasteiger partial charge in [-0.15, -0.1) is 12.4 Å². The van der Waals surface area contributed by atoms with Crippen LogP contribution in [0.25, 0.3) is 0 Å². The number of amidine groups is 1. The van der Waals surface area contributed by atoms with Gasteiger partial charge >= 0.3 is 0 Å². The van der Waals surface area contributed by atoms with Gasteiger partial charge in [0.05, 0.1) is 11.9 Å². The third-order valence-electron chi connectivity index (χ3n) is 4.36. The third-order valence-corrected chi connectivity index (χ3v) is 4.36. The van der Waals surface area contributed by atoms with E-state index in [2.05, 4.69) is 42.3 Å². The molecule has 19 heavy (non-hydrogen) atoms. The summed E-state index contributed by atoms with van der Waals surface area (Å²) in [6, 6.07) is 11.5. The fourth-order valence-electron chi connectivity index (χ4n) is 3.33. The van der Waals surface area contributed by atoms with E-state index in [1.54, 1.807) is 0 Å². The Labute approximate surface area is 122 Å². The average Bonchev–Trinajstić information content (AvgIpc) is 3.01. The minimum absolute atomic E-state index is 0. The molecule has 1 aromatic rings. The summed E-state index contributed by atoms with van der Waals surface area (Å²) in [7, 11) is 2.18. The molecule has 0 aromatic heterocycles. The molecule has 2 atom stereocenters. The molecule has 3 rings (SSSR count). The molecule has 2 nitrogen and oxygen atoms in total. The zero-order chi connectivity index (χ0) is 12.4. The zero-order valence-corrected chi connectivity index (χ0v) is 12.4. The maximum absolute atomic E-state index is 5.06. The minimum atomic E-state index is 0. The molecule has 0 N–H and O–H groups in total. The van der Waals surface area contributed by atoms with Gasteiger partial charge in [0.1, 0.15) is 0 Å². The van der Waals surface area contributed by atoms with Crippen molar-refractivity contribution in [2.75, 3.05) is 13.6 Å². The minimum Gasteiger partial charge on any atom is -0.363 e. The second-order valence-corrected chi connectivity index (χ2v) is 5.59. The van der Waals surface area contributed by atoms with Gasteiger partial charge in [0.25, 0.3) is 0 Å². The van der Waals surface area contributed by atoms with Crippen molar-refractivity contribution in [3.63, 3.8) is 0 Å². The highest BCUT2D eigenvalue weighted by Gasteiger charge is 2.29. The van der Waals surface area contributed by atoms with Gasteiger partial charge in [0.2, 0.25) is 0 Å². The van der Waals surface area contributed by atoms with E-state index in [1.165, 1.54) is 50.0 Å². The molecule has 1 heterocycles. The highest BCUT2D eigenvalue weighted by molar-refractivity contribution is 5.85. The van der Waals surface area contributed by atoms with E-state index < -0.39 is 0 Å². The Hall–Kier alpha value is -1.02. The Bertz CT molecular complexity index is 430. The van der Waals surface area contributed by atoms with E-state index in [9.17, 15) is 0 Å². The van der Waals surface area contributed by atoms with Crippen molar-refractivity contribution in [3.05, 3.63) is 35.9 Å². The summed E-state index contributed by atoms with van der Waals surface area (Å²) in [6.45, 7) is 1.18. The summed E-state index contributed by atoms with van der Waals surface area (Å²) in [5.41, 5.74) is 1.48. The molecule has 0 unspecified atom stereocenters. The van der Waals surface area contributed by atoms with Crippen LogP contribution in [0.1, 0.15) is 43.6 Å². The van der Waals surface area contributed by atoms with Crippen LogP contribution in [0.4, 0.5) is 0 Å². The maximum atomic E-state index is 5.06. The lowest BCUT2D eigenvalue weighted by atomic mass is 9.94. The first-order chi connectivity index (χ1) is 8.84. The third kappa shape index (κ3) is 3.11. The van der Waals surface area contributed by atoms with Crippen molar-refractivity contribution in [2.24, 2.45) is 4.99 Å². The molecule has 2 fully saturated rings. The van der Waals surface area contributed by atoms with E-state index in [4.69, 9.17) is 4.99 Å². The predicted octanol–water partition coefficient (Wildman–Crippen LogP) is 3.87. The lowest BCUT2D eigenvalue weighted by Crippen LogP contribution is -2.22. The number of aliphatic imine (C=N–C) groups is 1. The number of hydrogen-bond donors (Lipinski definition) is 0. The Balaban J connectivity index is 0.00000133. The van der Waals surface area contributed by atoms with Crippen molar-refractivity contribution >= 4 is 18.2 Å². The standard InChI is InChI=1S/C16H22N2.ClH/c1-18-12-6-11-16(18)17-15-10-5-9-14(15)13-7-3-2-4-8-13;/h2-4,7-8,14-15H,5-6,9-12H2,1H3;1H/t14-,15-;/m1./s1. The van der Waals surface area contributed by atoms with Crippen LogP contribution in [-0.2, 0) is 0 Å². The van der Waals surface area contributed by atoms with E-state index in [0.717, 1.165) is 0 Å². The van der Waals surface area contributed by atoms with Crippen molar-refractivity contribution < 1.29 is 0 Å². The summed E-state index contributed by atoms with van der Waals surface area (Å²) >= 11 is 0. The van der Waals surface area contributed by atoms with Gasteiger partial charge in [-0.1, -0.05) is 36.8 Å². The zero-order valence-electron chi connectivity index (χ0n) is 11.6. The highest BCUT2D eigenvalue weighted by Crippen LogP contribution is 2.37. The number of nitrogens with zero attached hydrogens (tertiary/aromatic N) is 2.